The summed E-state index contributed by atoms with van der Waals surface area (Å²) < 4.78 is 9.77. The lowest BCUT2D eigenvalue weighted by molar-refractivity contribution is -0.151. The smallest absolute Gasteiger partial charge is 0.326 e. The zero-order valence-corrected chi connectivity index (χ0v) is 15.5. The molecule has 1 saturated carbocycles. The van der Waals surface area contributed by atoms with Gasteiger partial charge in [0.1, 0.15) is 12.1 Å². The molecule has 0 aromatic carbocycles. The number of esters is 1. The maximum Gasteiger partial charge on any atom is 0.326 e. The van der Waals surface area contributed by atoms with Gasteiger partial charge in [-0.2, -0.15) is 0 Å². The molecular weight excluding hydrogens is 342 g/mol. The van der Waals surface area contributed by atoms with Crippen molar-refractivity contribution < 1.29 is 28.7 Å². The number of rotatable bonds is 7. The van der Waals surface area contributed by atoms with E-state index in [-0.39, 0.29) is 17.9 Å². The fourth-order valence-corrected chi connectivity index (χ4v) is 3.57. The minimum Gasteiger partial charge on any atom is -0.454 e. The van der Waals surface area contributed by atoms with Crippen molar-refractivity contribution >= 4 is 23.8 Å². The van der Waals surface area contributed by atoms with Gasteiger partial charge in [-0.25, -0.2) is 4.79 Å². The van der Waals surface area contributed by atoms with E-state index in [1.54, 1.807) is 6.92 Å². The molecule has 0 radical (unpaired) electrons. The average molecular weight is 369 g/mol. The van der Waals surface area contributed by atoms with E-state index in [2.05, 4.69) is 10.6 Å². The summed E-state index contributed by atoms with van der Waals surface area (Å²) in [6.07, 6.45) is 3.30. The summed E-state index contributed by atoms with van der Waals surface area (Å²) in [4.78, 5) is 49.4. The Balaban J connectivity index is 1.86. The number of imide groups is 1. The van der Waals surface area contributed by atoms with Crippen LogP contribution in [0, 0.1) is 5.92 Å². The van der Waals surface area contributed by atoms with Crippen LogP contribution in [0.15, 0.2) is 0 Å². The zero-order chi connectivity index (χ0) is 19.3. The van der Waals surface area contributed by atoms with E-state index >= 15 is 0 Å². The van der Waals surface area contributed by atoms with E-state index in [4.69, 9.17) is 9.47 Å². The van der Waals surface area contributed by atoms with Crippen molar-refractivity contribution in [2.75, 3.05) is 26.9 Å². The lowest BCUT2D eigenvalue weighted by Crippen LogP contribution is -2.54. The molecule has 0 unspecified atom stereocenters. The molecule has 2 aliphatic rings. The highest BCUT2D eigenvalue weighted by Crippen LogP contribution is 2.38. The largest absolute Gasteiger partial charge is 0.454 e. The van der Waals surface area contributed by atoms with Gasteiger partial charge < -0.3 is 20.1 Å². The summed E-state index contributed by atoms with van der Waals surface area (Å²) in [7, 11) is 1.51. The van der Waals surface area contributed by atoms with Crippen molar-refractivity contribution in [2.45, 2.75) is 51.1 Å². The number of amides is 4. The summed E-state index contributed by atoms with van der Waals surface area (Å²) in [5.41, 5.74) is -0.914. The molecule has 26 heavy (non-hydrogen) atoms. The molecule has 9 nitrogen and oxygen atoms in total. The second kappa shape index (κ2) is 8.48. The fraction of sp³-hybridized carbons (Fsp3) is 0.765. The molecule has 1 heterocycles. The standard InChI is InChI=1S/C17H27N3O6/c1-11-6-4-5-7-17(11)15(23)20(16(24)19-17)8-14(22)26-10-13(21)18-12(2)9-25-3/h11-12H,4-10H2,1-3H3,(H,18,21)(H,19,24)/t11-,12-,17+/m0/s1. The Morgan fingerprint density at radius 2 is 2.12 bits per heavy atom. The van der Waals surface area contributed by atoms with Gasteiger partial charge in [-0.3, -0.25) is 19.3 Å². The van der Waals surface area contributed by atoms with Gasteiger partial charge in [-0.05, 0) is 25.7 Å². The van der Waals surface area contributed by atoms with Crippen molar-refractivity contribution in [3.63, 3.8) is 0 Å². The predicted octanol–water partition coefficient (Wildman–Crippen LogP) is 0.181. The third-order valence-electron chi connectivity index (χ3n) is 4.98. The number of carbonyl (C=O) groups excluding carboxylic acids is 4. The number of ether oxygens (including phenoxy) is 2. The molecule has 146 valence electrons. The van der Waals surface area contributed by atoms with Gasteiger partial charge in [-0.1, -0.05) is 19.8 Å². The van der Waals surface area contributed by atoms with Crippen LogP contribution in [0.1, 0.15) is 39.5 Å². The first-order valence-corrected chi connectivity index (χ1v) is 8.88. The number of hydrogen-bond acceptors (Lipinski definition) is 6. The Hall–Kier alpha value is -2.16. The van der Waals surface area contributed by atoms with E-state index in [0.717, 1.165) is 24.2 Å². The number of methoxy groups -OCH3 is 1. The third kappa shape index (κ3) is 4.32. The SMILES string of the molecule is COC[C@H](C)NC(=O)COC(=O)CN1C(=O)N[C@@]2(CCCC[C@@H]2C)C1=O. The molecule has 1 saturated heterocycles. The number of urea groups is 1. The molecule has 3 atom stereocenters. The minimum absolute atomic E-state index is 0.0155. The fourth-order valence-electron chi connectivity index (χ4n) is 3.57. The second-order valence-corrected chi connectivity index (χ2v) is 7.02. The molecule has 2 fully saturated rings. The van der Waals surface area contributed by atoms with Crippen LogP contribution in [0.3, 0.4) is 0 Å². The first-order chi connectivity index (χ1) is 12.3. The Morgan fingerprint density at radius 1 is 1.38 bits per heavy atom. The number of carbonyl (C=O) groups is 4. The zero-order valence-electron chi connectivity index (χ0n) is 15.5. The lowest BCUT2D eigenvalue weighted by Gasteiger charge is -2.36. The molecule has 2 N–H and O–H groups in total. The Bertz CT molecular complexity index is 581. The molecule has 1 aliphatic carbocycles. The minimum atomic E-state index is -0.914. The van der Waals surface area contributed by atoms with E-state index in [9.17, 15) is 19.2 Å². The Morgan fingerprint density at radius 3 is 2.77 bits per heavy atom. The molecule has 4 amide bonds. The lowest BCUT2D eigenvalue weighted by atomic mass is 9.73. The highest BCUT2D eigenvalue weighted by atomic mass is 16.5. The molecule has 0 aromatic heterocycles. The van der Waals surface area contributed by atoms with Crippen LogP contribution < -0.4 is 10.6 Å². The predicted molar refractivity (Wildman–Crippen MR) is 91.0 cm³/mol. The van der Waals surface area contributed by atoms with Crippen molar-refractivity contribution in [1.82, 2.24) is 15.5 Å². The van der Waals surface area contributed by atoms with Gasteiger partial charge in [0.2, 0.25) is 0 Å². The molecule has 2 rings (SSSR count). The summed E-state index contributed by atoms with van der Waals surface area (Å²) in [6.45, 7) is 3.05. The number of nitrogens with zero attached hydrogens (tertiary/aromatic N) is 1. The van der Waals surface area contributed by atoms with E-state index in [1.165, 1.54) is 7.11 Å². The average Bonchev–Trinajstić information content (AvgIpc) is 2.81. The quantitative estimate of drug-likeness (QED) is 0.489. The summed E-state index contributed by atoms with van der Waals surface area (Å²) in [6, 6.07) is -0.802. The normalized spacial score (nSPS) is 26.6. The van der Waals surface area contributed by atoms with Crippen LogP contribution in [0.5, 0.6) is 0 Å². The molecule has 0 aromatic rings. The van der Waals surface area contributed by atoms with Crippen LogP contribution >= 0.6 is 0 Å². The first-order valence-electron chi connectivity index (χ1n) is 8.88. The van der Waals surface area contributed by atoms with Crippen molar-refractivity contribution in [3.8, 4) is 0 Å². The third-order valence-corrected chi connectivity index (χ3v) is 4.98. The van der Waals surface area contributed by atoms with Crippen molar-refractivity contribution in [2.24, 2.45) is 5.92 Å². The van der Waals surface area contributed by atoms with Crippen molar-refractivity contribution in [1.29, 1.82) is 0 Å². The monoisotopic (exact) mass is 369 g/mol. The van der Waals surface area contributed by atoms with E-state index < -0.39 is 36.6 Å². The van der Waals surface area contributed by atoms with Crippen molar-refractivity contribution in [3.05, 3.63) is 0 Å². The summed E-state index contributed by atoms with van der Waals surface area (Å²) in [5, 5.41) is 5.36. The number of hydrogen-bond donors (Lipinski definition) is 2. The molecule has 9 heteroatoms. The highest BCUT2D eigenvalue weighted by Gasteiger charge is 2.55. The van der Waals surface area contributed by atoms with E-state index in [1.807, 2.05) is 6.92 Å². The van der Waals surface area contributed by atoms with E-state index in [0.29, 0.717) is 13.0 Å². The summed E-state index contributed by atoms with van der Waals surface area (Å²) >= 11 is 0. The molecular formula is C17H27N3O6. The highest BCUT2D eigenvalue weighted by molar-refractivity contribution is 6.09. The van der Waals surface area contributed by atoms with Crippen LogP contribution in [0.25, 0.3) is 0 Å². The maximum absolute atomic E-state index is 12.7. The summed E-state index contributed by atoms with van der Waals surface area (Å²) in [5.74, 6) is -1.65. The second-order valence-electron chi connectivity index (χ2n) is 7.02. The van der Waals surface area contributed by atoms with Gasteiger partial charge in [0.05, 0.1) is 6.61 Å². The van der Waals surface area contributed by atoms with Gasteiger partial charge in [0, 0.05) is 13.2 Å². The Labute approximate surface area is 152 Å². The van der Waals surface area contributed by atoms with Gasteiger partial charge in [-0.15, -0.1) is 0 Å². The molecule has 1 aliphatic heterocycles. The molecule has 0 bridgehead atoms. The number of nitrogens with one attached hydrogen (secondary N) is 2. The van der Waals surface area contributed by atoms with Crippen LogP contribution in [-0.4, -0.2) is 67.2 Å². The van der Waals surface area contributed by atoms with Gasteiger partial charge in [0.15, 0.2) is 6.61 Å². The first kappa shape index (κ1) is 20.2. The van der Waals surface area contributed by atoms with Gasteiger partial charge in [0.25, 0.3) is 11.8 Å². The molecule has 1 spiro atoms. The van der Waals surface area contributed by atoms with Crippen LogP contribution in [0.4, 0.5) is 4.79 Å². The topological polar surface area (TPSA) is 114 Å². The maximum atomic E-state index is 12.7. The van der Waals surface area contributed by atoms with Crippen LogP contribution in [0.2, 0.25) is 0 Å². The van der Waals surface area contributed by atoms with Gasteiger partial charge >= 0.3 is 12.0 Å². The Kier molecular flexibility index (Phi) is 6.57. The van der Waals surface area contributed by atoms with Crippen LogP contribution in [-0.2, 0) is 23.9 Å².